The lowest BCUT2D eigenvalue weighted by Crippen LogP contribution is -2.60. The molecule has 0 aromatic heterocycles. The van der Waals surface area contributed by atoms with E-state index in [9.17, 15) is 14.7 Å². The molecule has 0 aromatic rings. The Bertz CT molecular complexity index is 1250. The summed E-state index contributed by atoms with van der Waals surface area (Å²) in [6.07, 6.45) is 11.1. The summed E-state index contributed by atoms with van der Waals surface area (Å²) in [5.41, 5.74) is 0.438. The third-order valence-electron chi connectivity index (χ3n) is 16.1. The number of morpholine rings is 1. The summed E-state index contributed by atoms with van der Waals surface area (Å²) in [5.74, 6) is 2.39. The Morgan fingerprint density at radius 3 is 2.46 bits per heavy atom. The summed E-state index contributed by atoms with van der Waals surface area (Å²) in [4.78, 5) is 26.4. The molecular weight excluding hydrogens is 582 g/mol. The van der Waals surface area contributed by atoms with Crippen LogP contribution in [0.15, 0.2) is 0 Å². The third kappa shape index (κ3) is 4.37. The molecule has 46 heavy (non-hydrogen) atoms. The number of aliphatic hydroxyl groups is 1. The first kappa shape index (κ1) is 32.0. The van der Waals surface area contributed by atoms with Gasteiger partial charge >= 0.3 is 5.97 Å². The zero-order valence-corrected chi connectivity index (χ0v) is 29.2. The van der Waals surface area contributed by atoms with Gasteiger partial charge in [0.1, 0.15) is 6.61 Å². The standard InChI is InChI=1S/C38H59NO7/c1-22-17-25(20-44-23(2)40)45-32-31(22)35(5)13-14-38-21-37(38)12-11-28(34(3,4)26(37)9-10-27(38)36(35,6)33(32)42)46-30-19-39(15-16-43-30)29(41)18-24-7-8-24/h22,24-28,30-33,42H,7-21H2,1-6H3. The molecule has 13 atom stereocenters. The Kier molecular flexibility index (Phi) is 7.40. The van der Waals surface area contributed by atoms with Gasteiger partial charge < -0.3 is 29.0 Å². The lowest BCUT2D eigenvalue weighted by atomic mass is 9.41. The van der Waals surface area contributed by atoms with E-state index >= 15 is 0 Å². The minimum absolute atomic E-state index is 0.0157. The van der Waals surface area contributed by atoms with Crippen LogP contribution in [-0.2, 0) is 28.5 Å². The topological polar surface area (TPSA) is 94.5 Å². The van der Waals surface area contributed by atoms with Crippen LogP contribution in [0, 0.1) is 56.7 Å². The zero-order valence-electron chi connectivity index (χ0n) is 29.2. The van der Waals surface area contributed by atoms with Crippen molar-refractivity contribution in [2.75, 3.05) is 26.3 Å². The van der Waals surface area contributed by atoms with Gasteiger partial charge in [0, 0.05) is 25.3 Å². The molecule has 0 aromatic carbocycles. The smallest absolute Gasteiger partial charge is 0.302 e. The van der Waals surface area contributed by atoms with Crippen molar-refractivity contribution in [3.63, 3.8) is 0 Å². The Labute approximate surface area is 276 Å². The average Bonchev–Trinajstić information content (AvgIpc) is 3.93. The van der Waals surface area contributed by atoms with Crippen LogP contribution in [0.4, 0.5) is 0 Å². The molecule has 8 aliphatic rings. The molecule has 0 bridgehead atoms. The maximum atomic E-state index is 12.9. The van der Waals surface area contributed by atoms with Crippen LogP contribution >= 0.6 is 0 Å². The largest absolute Gasteiger partial charge is 0.463 e. The van der Waals surface area contributed by atoms with Crippen LogP contribution in [0.5, 0.6) is 0 Å². The van der Waals surface area contributed by atoms with Crippen LogP contribution < -0.4 is 0 Å². The van der Waals surface area contributed by atoms with Crippen LogP contribution in [0.25, 0.3) is 0 Å². The van der Waals surface area contributed by atoms with Gasteiger partial charge in [0.15, 0.2) is 6.29 Å². The molecule has 8 fully saturated rings. The number of esters is 1. The van der Waals surface area contributed by atoms with Gasteiger partial charge in [-0.25, -0.2) is 0 Å². The molecule has 6 saturated carbocycles. The predicted octanol–water partition coefficient (Wildman–Crippen LogP) is 5.73. The minimum atomic E-state index is -0.511. The molecule has 8 heteroatoms. The van der Waals surface area contributed by atoms with E-state index in [1.807, 2.05) is 4.90 Å². The number of ether oxygens (including phenoxy) is 4. The van der Waals surface area contributed by atoms with Crippen molar-refractivity contribution in [1.82, 2.24) is 4.90 Å². The number of carbonyl (C=O) groups excluding carboxylic acids is 2. The first-order chi connectivity index (χ1) is 21.8. The quantitative estimate of drug-likeness (QED) is 0.370. The number of hydrogen-bond acceptors (Lipinski definition) is 7. The van der Waals surface area contributed by atoms with Gasteiger partial charge in [0.2, 0.25) is 5.91 Å². The van der Waals surface area contributed by atoms with Crippen molar-refractivity contribution in [1.29, 1.82) is 0 Å². The molecule has 6 aliphatic carbocycles. The molecule has 0 radical (unpaired) electrons. The lowest BCUT2D eigenvalue weighted by molar-refractivity contribution is -0.248. The van der Waals surface area contributed by atoms with Crippen molar-refractivity contribution in [2.45, 2.75) is 143 Å². The number of amides is 1. The van der Waals surface area contributed by atoms with E-state index in [1.165, 1.54) is 45.4 Å². The van der Waals surface area contributed by atoms with E-state index in [2.05, 4.69) is 34.6 Å². The molecule has 1 N–H and O–H groups in total. The van der Waals surface area contributed by atoms with Crippen molar-refractivity contribution in [2.24, 2.45) is 56.7 Å². The maximum absolute atomic E-state index is 12.9. The number of carbonyl (C=O) groups is 2. The molecule has 2 spiro atoms. The second kappa shape index (κ2) is 10.6. The minimum Gasteiger partial charge on any atom is -0.463 e. The Morgan fingerprint density at radius 1 is 0.978 bits per heavy atom. The molecule has 2 heterocycles. The second-order valence-corrected chi connectivity index (χ2v) is 18.4. The fourth-order valence-electron chi connectivity index (χ4n) is 13.8. The fourth-order valence-corrected chi connectivity index (χ4v) is 13.8. The first-order valence-electron chi connectivity index (χ1n) is 18.8. The van der Waals surface area contributed by atoms with Gasteiger partial charge in [-0.15, -0.1) is 0 Å². The SMILES string of the molecule is CC(=O)OCC1CC(C)C2C(O1)C(O)C1(C)C3CCC4C(C)(C)C(OC5CN(C(=O)CC6CC6)CCO5)CCC45CC35CCC21C. The van der Waals surface area contributed by atoms with E-state index in [4.69, 9.17) is 18.9 Å². The summed E-state index contributed by atoms with van der Waals surface area (Å²) in [5, 5.41) is 12.4. The summed E-state index contributed by atoms with van der Waals surface area (Å²) in [6, 6.07) is 0. The Balaban J connectivity index is 0.995. The molecule has 1 amide bonds. The van der Waals surface area contributed by atoms with Crippen molar-refractivity contribution >= 4 is 11.9 Å². The molecule has 8 rings (SSSR count). The third-order valence-corrected chi connectivity index (χ3v) is 16.1. The zero-order chi connectivity index (χ0) is 32.4. The molecule has 258 valence electrons. The molecule has 2 aliphatic heterocycles. The highest BCUT2D eigenvalue weighted by Crippen LogP contribution is 2.89. The monoisotopic (exact) mass is 641 g/mol. The van der Waals surface area contributed by atoms with E-state index in [0.717, 1.165) is 25.7 Å². The van der Waals surface area contributed by atoms with Crippen LogP contribution in [0.2, 0.25) is 0 Å². The van der Waals surface area contributed by atoms with Crippen LogP contribution in [0.3, 0.4) is 0 Å². The summed E-state index contributed by atoms with van der Waals surface area (Å²) < 4.78 is 25.0. The van der Waals surface area contributed by atoms with Gasteiger partial charge in [-0.1, -0.05) is 34.6 Å². The number of nitrogens with zero attached hydrogens (tertiary/aromatic N) is 1. The molecule has 8 nitrogen and oxygen atoms in total. The average molecular weight is 642 g/mol. The molecule has 2 saturated heterocycles. The highest BCUT2D eigenvalue weighted by atomic mass is 16.7. The Morgan fingerprint density at radius 2 is 1.72 bits per heavy atom. The second-order valence-electron chi connectivity index (χ2n) is 18.4. The highest BCUT2D eigenvalue weighted by Gasteiger charge is 2.84. The number of fused-ring (bicyclic) bond motifs is 4. The first-order valence-corrected chi connectivity index (χ1v) is 18.8. The Hall–Kier alpha value is -1.22. The predicted molar refractivity (Wildman–Crippen MR) is 171 cm³/mol. The summed E-state index contributed by atoms with van der Waals surface area (Å²) in [6.45, 7) is 15.7. The summed E-state index contributed by atoms with van der Waals surface area (Å²) >= 11 is 0. The summed E-state index contributed by atoms with van der Waals surface area (Å²) in [7, 11) is 0. The van der Waals surface area contributed by atoms with Gasteiger partial charge in [-0.05, 0) is 115 Å². The molecule has 13 unspecified atom stereocenters. The van der Waals surface area contributed by atoms with Crippen molar-refractivity contribution in [3.8, 4) is 0 Å². The normalized spacial score (nSPS) is 52.0. The van der Waals surface area contributed by atoms with E-state index in [1.54, 1.807) is 0 Å². The van der Waals surface area contributed by atoms with E-state index in [0.29, 0.717) is 61.1 Å². The van der Waals surface area contributed by atoms with Gasteiger partial charge in [0.25, 0.3) is 0 Å². The van der Waals surface area contributed by atoms with Gasteiger partial charge in [0.05, 0.1) is 37.6 Å². The van der Waals surface area contributed by atoms with E-state index < -0.39 is 6.10 Å². The fraction of sp³-hybridized carbons (Fsp3) is 0.947. The maximum Gasteiger partial charge on any atom is 0.302 e. The van der Waals surface area contributed by atoms with Crippen LogP contribution in [-0.4, -0.2) is 78.9 Å². The van der Waals surface area contributed by atoms with Crippen molar-refractivity contribution < 1.29 is 33.6 Å². The van der Waals surface area contributed by atoms with Crippen molar-refractivity contribution in [3.05, 3.63) is 0 Å². The van der Waals surface area contributed by atoms with E-state index in [-0.39, 0.29) is 64.7 Å². The number of aliphatic hydroxyl groups excluding tert-OH is 1. The van der Waals surface area contributed by atoms with Gasteiger partial charge in [-0.2, -0.15) is 0 Å². The van der Waals surface area contributed by atoms with Gasteiger partial charge in [-0.3, -0.25) is 9.59 Å². The highest BCUT2D eigenvalue weighted by molar-refractivity contribution is 5.76. The van der Waals surface area contributed by atoms with Crippen LogP contribution in [0.1, 0.15) is 112 Å². The lowest BCUT2D eigenvalue weighted by Gasteiger charge is -2.64. The molecular formula is C38H59NO7. The number of rotatable bonds is 6. The number of hydrogen-bond donors (Lipinski definition) is 1.